The largest absolute Gasteiger partial charge is 0.298 e. The number of nitrogens with zero attached hydrogens (tertiary/aromatic N) is 3. The summed E-state index contributed by atoms with van der Waals surface area (Å²) in [5.41, 5.74) is 1.29. The maximum Gasteiger partial charge on any atom is 0.218 e. The minimum Gasteiger partial charge on any atom is -0.298 e. The van der Waals surface area contributed by atoms with Gasteiger partial charge in [-0.1, -0.05) is 12.1 Å². The topological polar surface area (TPSA) is 64.4 Å². The molecule has 2 aliphatic heterocycles. The van der Waals surface area contributed by atoms with Crippen LogP contribution >= 0.6 is 0 Å². The first kappa shape index (κ1) is 14.5. The van der Waals surface area contributed by atoms with Crippen molar-refractivity contribution in [1.82, 2.24) is 9.21 Å². The number of hydrogen-bond donors (Lipinski definition) is 0. The van der Waals surface area contributed by atoms with Crippen molar-refractivity contribution in [2.24, 2.45) is 0 Å². The molecule has 0 bridgehead atoms. The fourth-order valence-corrected chi connectivity index (χ4v) is 4.75. The van der Waals surface area contributed by atoms with E-state index < -0.39 is 10.0 Å². The molecule has 6 heteroatoms. The highest BCUT2D eigenvalue weighted by Crippen LogP contribution is 2.24. The number of nitriles is 1. The third-order valence-corrected chi connectivity index (χ3v) is 6.19. The molecule has 1 unspecified atom stereocenters. The lowest BCUT2D eigenvalue weighted by Gasteiger charge is -2.36. The lowest BCUT2D eigenvalue weighted by molar-refractivity contribution is 0.158. The van der Waals surface area contributed by atoms with E-state index in [4.69, 9.17) is 5.26 Å². The second-order valence-electron chi connectivity index (χ2n) is 5.75. The van der Waals surface area contributed by atoms with Crippen LogP contribution in [0.4, 0.5) is 0 Å². The molecule has 2 saturated heterocycles. The van der Waals surface area contributed by atoms with E-state index in [0.29, 0.717) is 24.7 Å². The third kappa shape index (κ3) is 3.10. The molecule has 21 heavy (non-hydrogen) atoms. The van der Waals surface area contributed by atoms with E-state index in [2.05, 4.69) is 4.90 Å². The zero-order valence-corrected chi connectivity index (χ0v) is 12.7. The number of rotatable bonds is 3. The van der Waals surface area contributed by atoms with E-state index in [1.54, 1.807) is 28.6 Å². The molecule has 112 valence electrons. The maximum atomic E-state index is 12.5. The minimum absolute atomic E-state index is 0.0193. The van der Waals surface area contributed by atoms with Crippen LogP contribution in [0.2, 0.25) is 0 Å². The summed E-state index contributed by atoms with van der Waals surface area (Å²) in [4.78, 5) is 2.40. The zero-order valence-electron chi connectivity index (χ0n) is 11.9. The van der Waals surface area contributed by atoms with Crippen molar-refractivity contribution in [2.45, 2.75) is 24.6 Å². The Balaban J connectivity index is 1.70. The lowest BCUT2D eigenvalue weighted by atomic mass is 10.2. The van der Waals surface area contributed by atoms with Crippen LogP contribution in [0.1, 0.15) is 24.0 Å². The molecule has 1 aromatic carbocycles. The molecule has 3 rings (SSSR count). The first-order valence-electron chi connectivity index (χ1n) is 7.29. The van der Waals surface area contributed by atoms with Gasteiger partial charge in [0.2, 0.25) is 10.0 Å². The molecule has 0 aliphatic carbocycles. The van der Waals surface area contributed by atoms with E-state index >= 15 is 0 Å². The van der Waals surface area contributed by atoms with E-state index in [0.717, 1.165) is 25.1 Å². The van der Waals surface area contributed by atoms with E-state index in [9.17, 15) is 8.42 Å². The zero-order chi connectivity index (χ0) is 14.9. The molecule has 0 radical (unpaired) electrons. The molecule has 5 nitrogen and oxygen atoms in total. The molecule has 2 heterocycles. The fraction of sp³-hybridized carbons (Fsp3) is 0.533. The van der Waals surface area contributed by atoms with Gasteiger partial charge in [0, 0.05) is 25.7 Å². The minimum atomic E-state index is -3.27. The monoisotopic (exact) mass is 305 g/mol. The van der Waals surface area contributed by atoms with Gasteiger partial charge in [-0.15, -0.1) is 0 Å². The summed E-state index contributed by atoms with van der Waals surface area (Å²) in [5.74, 6) is 0.0193. The standard InChI is InChI=1S/C15H19N3O2S/c16-10-13-3-5-14(6-4-13)12-21(19,20)18-9-8-17-7-1-2-15(17)11-18/h3-6,15H,1-2,7-9,11-12H2. The summed E-state index contributed by atoms with van der Waals surface area (Å²) >= 11 is 0. The van der Waals surface area contributed by atoms with Gasteiger partial charge < -0.3 is 0 Å². The number of benzene rings is 1. The normalized spacial score (nSPS) is 23.7. The van der Waals surface area contributed by atoms with Crippen molar-refractivity contribution in [3.63, 3.8) is 0 Å². The van der Waals surface area contributed by atoms with Crippen LogP contribution < -0.4 is 0 Å². The molecular formula is C15H19N3O2S. The molecule has 0 amide bonds. The highest BCUT2D eigenvalue weighted by Gasteiger charge is 2.35. The fourth-order valence-electron chi connectivity index (χ4n) is 3.19. The maximum absolute atomic E-state index is 12.5. The first-order chi connectivity index (χ1) is 10.1. The van der Waals surface area contributed by atoms with Crippen LogP contribution in [0.3, 0.4) is 0 Å². The van der Waals surface area contributed by atoms with Crippen molar-refractivity contribution >= 4 is 10.0 Å². The molecular weight excluding hydrogens is 286 g/mol. The molecule has 0 saturated carbocycles. The third-order valence-electron chi connectivity index (χ3n) is 4.38. The van der Waals surface area contributed by atoms with Gasteiger partial charge in [0.05, 0.1) is 17.4 Å². The molecule has 0 aromatic heterocycles. The number of piperazine rings is 1. The van der Waals surface area contributed by atoms with Crippen LogP contribution in [0.5, 0.6) is 0 Å². The van der Waals surface area contributed by atoms with Gasteiger partial charge >= 0.3 is 0 Å². The Labute approximate surface area is 125 Å². The second-order valence-corrected chi connectivity index (χ2v) is 7.72. The highest BCUT2D eigenvalue weighted by molar-refractivity contribution is 7.88. The van der Waals surface area contributed by atoms with Gasteiger partial charge in [-0.3, -0.25) is 4.90 Å². The van der Waals surface area contributed by atoms with E-state index in [-0.39, 0.29) is 5.75 Å². The van der Waals surface area contributed by atoms with Gasteiger partial charge in [0.1, 0.15) is 0 Å². The number of hydrogen-bond acceptors (Lipinski definition) is 4. The van der Waals surface area contributed by atoms with E-state index in [1.807, 2.05) is 6.07 Å². The Hall–Kier alpha value is -1.42. The summed E-state index contributed by atoms with van der Waals surface area (Å²) in [5, 5.41) is 8.77. The highest BCUT2D eigenvalue weighted by atomic mass is 32.2. The van der Waals surface area contributed by atoms with Crippen LogP contribution in [0.15, 0.2) is 24.3 Å². The Kier molecular flexibility index (Phi) is 3.98. The SMILES string of the molecule is N#Cc1ccc(CS(=O)(=O)N2CCN3CCCC3C2)cc1. The predicted octanol–water partition coefficient (Wildman–Crippen LogP) is 1.17. The number of sulfonamides is 1. The summed E-state index contributed by atoms with van der Waals surface area (Å²) in [6.07, 6.45) is 2.27. The van der Waals surface area contributed by atoms with Gasteiger partial charge in [0.15, 0.2) is 0 Å². The average molecular weight is 305 g/mol. The van der Waals surface area contributed by atoms with Crippen LogP contribution in [-0.4, -0.2) is 49.8 Å². The predicted molar refractivity (Wildman–Crippen MR) is 79.9 cm³/mol. The lowest BCUT2D eigenvalue weighted by Crippen LogP contribution is -2.52. The molecule has 1 aromatic rings. The first-order valence-corrected chi connectivity index (χ1v) is 8.90. The van der Waals surface area contributed by atoms with Crippen molar-refractivity contribution in [3.05, 3.63) is 35.4 Å². The molecule has 1 atom stereocenters. The number of fused-ring (bicyclic) bond motifs is 1. The second kappa shape index (κ2) is 5.76. The van der Waals surface area contributed by atoms with Crippen molar-refractivity contribution < 1.29 is 8.42 Å². The van der Waals surface area contributed by atoms with Crippen LogP contribution in [-0.2, 0) is 15.8 Å². The molecule has 0 spiro atoms. The summed E-state index contributed by atoms with van der Waals surface area (Å²) in [6.45, 7) is 3.17. The Bertz CT molecular complexity index is 648. The van der Waals surface area contributed by atoms with Crippen molar-refractivity contribution in [3.8, 4) is 6.07 Å². The molecule has 2 aliphatic rings. The summed E-state index contributed by atoms with van der Waals surface area (Å²) < 4.78 is 26.7. The Morgan fingerprint density at radius 2 is 1.95 bits per heavy atom. The quantitative estimate of drug-likeness (QED) is 0.841. The van der Waals surface area contributed by atoms with Gasteiger partial charge in [-0.2, -0.15) is 9.57 Å². The molecule has 0 N–H and O–H groups in total. The Morgan fingerprint density at radius 1 is 1.19 bits per heavy atom. The van der Waals surface area contributed by atoms with Crippen molar-refractivity contribution in [2.75, 3.05) is 26.2 Å². The van der Waals surface area contributed by atoms with Gasteiger partial charge in [-0.25, -0.2) is 8.42 Å². The average Bonchev–Trinajstić information content (AvgIpc) is 2.95. The summed E-state index contributed by atoms with van der Waals surface area (Å²) in [6, 6.07) is 9.22. The van der Waals surface area contributed by atoms with Crippen molar-refractivity contribution in [1.29, 1.82) is 5.26 Å². The van der Waals surface area contributed by atoms with Gasteiger partial charge in [-0.05, 0) is 37.1 Å². The summed E-state index contributed by atoms with van der Waals surface area (Å²) in [7, 11) is -3.27. The van der Waals surface area contributed by atoms with Gasteiger partial charge in [0.25, 0.3) is 0 Å². The van der Waals surface area contributed by atoms with E-state index in [1.165, 1.54) is 6.42 Å². The molecule has 2 fully saturated rings. The Morgan fingerprint density at radius 3 is 2.67 bits per heavy atom. The van der Waals surface area contributed by atoms with Crippen LogP contribution in [0, 0.1) is 11.3 Å². The smallest absolute Gasteiger partial charge is 0.218 e. The van der Waals surface area contributed by atoms with Crippen LogP contribution in [0.25, 0.3) is 0 Å².